The summed E-state index contributed by atoms with van der Waals surface area (Å²) in [5.74, 6) is 7.98. The van der Waals surface area contributed by atoms with Gasteiger partial charge in [0.05, 0.1) is 5.39 Å². The van der Waals surface area contributed by atoms with E-state index in [4.69, 9.17) is 15.8 Å². The molecule has 0 atom stereocenters. The van der Waals surface area contributed by atoms with Gasteiger partial charge in [0.25, 0.3) is 0 Å². The van der Waals surface area contributed by atoms with Gasteiger partial charge in [0.2, 0.25) is 0 Å². The van der Waals surface area contributed by atoms with Gasteiger partial charge in [0, 0.05) is 10.8 Å². The van der Waals surface area contributed by atoms with Crippen molar-refractivity contribution in [2.75, 3.05) is 5.43 Å². The van der Waals surface area contributed by atoms with Crippen LogP contribution in [0.5, 0.6) is 0 Å². The molecule has 1 aliphatic rings. The van der Waals surface area contributed by atoms with Crippen LogP contribution >= 0.6 is 11.3 Å². The number of rotatable bonds is 2. The first-order valence-corrected chi connectivity index (χ1v) is 8.76. The molecule has 21 heavy (non-hydrogen) atoms. The fraction of sp³-hybridized carbons (Fsp3) is 0.625. The quantitative estimate of drug-likeness (QED) is 0.636. The van der Waals surface area contributed by atoms with Crippen LogP contribution in [0.1, 0.15) is 67.1 Å². The van der Waals surface area contributed by atoms with E-state index in [1.165, 1.54) is 55.4 Å². The van der Waals surface area contributed by atoms with Crippen LogP contribution in [0.2, 0.25) is 0 Å². The molecular weight excluding hydrogens is 280 g/mol. The number of nitrogens with zero attached hydrogens (tertiary/aromatic N) is 2. The number of nitrogen functional groups attached to an aromatic ring is 1. The van der Waals surface area contributed by atoms with Crippen molar-refractivity contribution in [3.63, 3.8) is 0 Å². The topological polar surface area (TPSA) is 63.8 Å². The van der Waals surface area contributed by atoms with Crippen LogP contribution in [0.15, 0.2) is 0 Å². The maximum atomic E-state index is 5.71. The third kappa shape index (κ3) is 2.90. The van der Waals surface area contributed by atoms with Gasteiger partial charge in [-0.05, 0) is 32.3 Å². The van der Waals surface area contributed by atoms with E-state index in [1.54, 1.807) is 11.3 Å². The lowest BCUT2D eigenvalue weighted by atomic mass is 9.90. The van der Waals surface area contributed by atoms with Crippen LogP contribution in [0.3, 0.4) is 0 Å². The average molecular weight is 304 g/mol. The Labute approximate surface area is 130 Å². The SMILES string of the molecule is Cc1sc2nc(C3CCCCCCC3)nc(NN)c2c1C. The Morgan fingerprint density at radius 3 is 2.38 bits per heavy atom. The summed E-state index contributed by atoms with van der Waals surface area (Å²) in [6.45, 7) is 4.26. The molecule has 0 aromatic carbocycles. The van der Waals surface area contributed by atoms with Crippen LogP contribution in [0.4, 0.5) is 5.82 Å². The number of aryl methyl sites for hydroxylation is 2. The van der Waals surface area contributed by atoms with Gasteiger partial charge in [-0.25, -0.2) is 15.8 Å². The maximum Gasteiger partial charge on any atom is 0.152 e. The lowest BCUT2D eigenvalue weighted by molar-refractivity contribution is 0.443. The van der Waals surface area contributed by atoms with Gasteiger partial charge < -0.3 is 5.43 Å². The number of hydrogen-bond acceptors (Lipinski definition) is 5. The lowest BCUT2D eigenvalue weighted by Gasteiger charge is -2.19. The third-order valence-corrected chi connectivity index (χ3v) is 5.75. The molecule has 2 aromatic heterocycles. The second kappa shape index (κ2) is 6.28. The summed E-state index contributed by atoms with van der Waals surface area (Å²) >= 11 is 1.75. The van der Waals surface area contributed by atoms with E-state index in [0.717, 1.165) is 21.9 Å². The minimum atomic E-state index is 0.490. The minimum Gasteiger partial charge on any atom is -0.308 e. The van der Waals surface area contributed by atoms with E-state index in [-0.39, 0.29) is 0 Å². The second-order valence-electron chi connectivity index (χ2n) is 6.08. The van der Waals surface area contributed by atoms with E-state index < -0.39 is 0 Å². The fourth-order valence-electron chi connectivity index (χ4n) is 3.27. The molecule has 0 aliphatic heterocycles. The van der Waals surface area contributed by atoms with Gasteiger partial charge in [-0.2, -0.15) is 0 Å². The molecule has 4 nitrogen and oxygen atoms in total. The molecule has 0 saturated heterocycles. The van der Waals surface area contributed by atoms with Crippen molar-refractivity contribution >= 4 is 27.4 Å². The third-order valence-electron chi connectivity index (χ3n) is 4.65. The van der Waals surface area contributed by atoms with E-state index in [0.29, 0.717) is 5.92 Å². The zero-order chi connectivity index (χ0) is 14.8. The van der Waals surface area contributed by atoms with Gasteiger partial charge >= 0.3 is 0 Å². The maximum absolute atomic E-state index is 5.71. The van der Waals surface area contributed by atoms with Gasteiger partial charge in [-0.15, -0.1) is 11.3 Å². The molecule has 0 radical (unpaired) electrons. The number of hydrazine groups is 1. The second-order valence-corrected chi connectivity index (χ2v) is 7.28. The van der Waals surface area contributed by atoms with Crippen LogP contribution in [-0.2, 0) is 0 Å². The molecule has 0 amide bonds. The van der Waals surface area contributed by atoms with E-state index in [1.807, 2.05) is 0 Å². The summed E-state index contributed by atoms with van der Waals surface area (Å²) in [7, 11) is 0. The molecule has 0 unspecified atom stereocenters. The summed E-state index contributed by atoms with van der Waals surface area (Å²) in [5.41, 5.74) is 4.03. The Balaban J connectivity index is 2.02. The van der Waals surface area contributed by atoms with Gasteiger partial charge in [0.15, 0.2) is 5.82 Å². The van der Waals surface area contributed by atoms with Crippen molar-refractivity contribution in [1.29, 1.82) is 0 Å². The standard InChI is InChI=1S/C16H24N4S/c1-10-11(2)21-16-13(10)15(20-17)18-14(19-16)12-8-6-4-3-5-7-9-12/h12H,3-9,17H2,1-2H3,(H,18,19,20). The fourth-order valence-corrected chi connectivity index (χ4v) is 4.30. The molecule has 3 N–H and O–H groups in total. The van der Waals surface area contributed by atoms with Crippen molar-refractivity contribution in [3.05, 3.63) is 16.3 Å². The van der Waals surface area contributed by atoms with Crippen molar-refractivity contribution in [2.45, 2.75) is 64.7 Å². The number of aromatic nitrogens is 2. The minimum absolute atomic E-state index is 0.490. The van der Waals surface area contributed by atoms with E-state index in [9.17, 15) is 0 Å². The summed E-state index contributed by atoms with van der Waals surface area (Å²) in [6, 6.07) is 0. The highest BCUT2D eigenvalue weighted by Crippen LogP contribution is 2.36. The summed E-state index contributed by atoms with van der Waals surface area (Å²) < 4.78 is 0. The smallest absolute Gasteiger partial charge is 0.152 e. The molecule has 1 fully saturated rings. The molecule has 5 heteroatoms. The van der Waals surface area contributed by atoms with Crippen LogP contribution in [0.25, 0.3) is 10.2 Å². The lowest BCUT2D eigenvalue weighted by Crippen LogP contribution is -2.13. The highest BCUT2D eigenvalue weighted by Gasteiger charge is 2.20. The Hall–Kier alpha value is -1.20. The number of thiophene rings is 1. The van der Waals surface area contributed by atoms with Gasteiger partial charge in [-0.1, -0.05) is 32.1 Å². The van der Waals surface area contributed by atoms with Crippen LogP contribution in [-0.4, -0.2) is 9.97 Å². The Morgan fingerprint density at radius 2 is 1.71 bits per heavy atom. The van der Waals surface area contributed by atoms with E-state index >= 15 is 0 Å². The molecule has 2 aromatic rings. The first-order valence-electron chi connectivity index (χ1n) is 7.95. The zero-order valence-corrected chi connectivity index (χ0v) is 13.7. The molecule has 0 bridgehead atoms. The Morgan fingerprint density at radius 1 is 1.05 bits per heavy atom. The normalized spacial score (nSPS) is 17.7. The Bertz CT molecular complexity index is 627. The monoisotopic (exact) mass is 304 g/mol. The number of fused-ring (bicyclic) bond motifs is 1. The molecular formula is C16H24N4S. The van der Waals surface area contributed by atoms with Crippen molar-refractivity contribution in [2.24, 2.45) is 5.84 Å². The van der Waals surface area contributed by atoms with Crippen molar-refractivity contribution in [1.82, 2.24) is 9.97 Å². The highest BCUT2D eigenvalue weighted by molar-refractivity contribution is 7.18. The van der Waals surface area contributed by atoms with Crippen molar-refractivity contribution < 1.29 is 0 Å². The predicted octanol–water partition coefficient (Wildman–Crippen LogP) is 4.42. The van der Waals surface area contributed by atoms with Crippen LogP contribution < -0.4 is 11.3 Å². The number of nitrogens with one attached hydrogen (secondary N) is 1. The number of hydrogen-bond donors (Lipinski definition) is 2. The molecule has 2 heterocycles. The largest absolute Gasteiger partial charge is 0.308 e. The summed E-state index contributed by atoms with van der Waals surface area (Å²) in [4.78, 5) is 12.0. The molecule has 0 spiro atoms. The number of anilines is 1. The Kier molecular flexibility index (Phi) is 4.40. The van der Waals surface area contributed by atoms with Crippen LogP contribution in [0, 0.1) is 13.8 Å². The highest BCUT2D eigenvalue weighted by atomic mass is 32.1. The van der Waals surface area contributed by atoms with E-state index in [2.05, 4.69) is 19.3 Å². The number of nitrogens with two attached hydrogens (primary N) is 1. The average Bonchev–Trinajstić information content (AvgIpc) is 2.73. The molecule has 1 saturated carbocycles. The molecule has 3 rings (SSSR count). The first kappa shape index (κ1) is 14.7. The van der Waals surface area contributed by atoms with Crippen molar-refractivity contribution in [3.8, 4) is 0 Å². The first-order chi connectivity index (χ1) is 10.2. The summed E-state index contributed by atoms with van der Waals surface area (Å²) in [5, 5.41) is 1.09. The molecule has 1 aliphatic carbocycles. The summed E-state index contributed by atoms with van der Waals surface area (Å²) in [6.07, 6.45) is 9.07. The van der Waals surface area contributed by atoms with Gasteiger partial charge in [0.1, 0.15) is 10.7 Å². The van der Waals surface area contributed by atoms with Gasteiger partial charge in [-0.3, -0.25) is 0 Å². The zero-order valence-electron chi connectivity index (χ0n) is 12.9. The molecule has 114 valence electrons. The predicted molar refractivity (Wildman–Crippen MR) is 89.8 cm³/mol.